The van der Waals surface area contributed by atoms with Crippen molar-refractivity contribution in [3.05, 3.63) is 67.5 Å². The van der Waals surface area contributed by atoms with Crippen LogP contribution in [-0.2, 0) is 6.54 Å². The van der Waals surface area contributed by atoms with Gasteiger partial charge >= 0.3 is 0 Å². The van der Waals surface area contributed by atoms with Crippen molar-refractivity contribution in [3.63, 3.8) is 0 Å². The predicted octanol–water partition coefficient (Wildman–Crippen LogP) is 6.48. The normalized spacial score (nSPS) is 13.8. The Morgan fingerprint density at radius 3 is 2.43 bits per heavy atom. The maximum atomic E-state index is 6.12. The molecule has 1 aliphatic rings. The van der Waals surface area contributed by atoms with Gasteiger partial charge in [-0.1, -0.05) is 52.3 Å². The maximum Gasteiger partial charge on any atom is 0.161 e. The zero-order chi connectivity index (χ0) is 16.0. The maximum absolute atomic E-state index is 6.12. The second-order valence-corrected chi connectivity index (χ2v) is 8.09. The fraction of sp³-hybridized carbons (Fsp3) is 0.111. The van der Waals surface area contributed by atoms with E-state index in [9.17, 15) is 0 Å². The largest absolute Gasteiger partial charge is 0.472 e. The first-order chi connectivity index (χ1) is 11.1. The van der Waals surface area contributed by atoms with Crippen molar-refractivity contribution < 1.29 is 4.74 Å². The van der Waals surface area contributed by atoms with E-state index < -0.39 is 0 Å². The third-order valence-corrected chi connectivity index (χ3v) is 5.65. The Morgan fingerprint density at radius 2 is 1.65 bits per heavy atom. The lowest BCUT2D eigenvalue weighted by Crippen LogP contribution is -2.32. The van der Waals surface area contributed by atoms with E-state index in [-0.39, 0.29) is 0 Å². The highest BCUT2D eigenvalue weighted by Crippen LogP contribution is 2.41. The third-order valence-electron chi connectivity index (χ3n) is 3.98. The van der Waals surface area contributed by atoms with Gasteiger partial charge in [-0.2, -0.15) is 0 Å². The first-order valence-electron chi connectivity index (χ1n) is 7.16. The molecule has 0 spiro atoms. The van der Waals surface area contributed by atoms with Crippen LogP contribution >= 0.6 is 47.8 Å². The molecule has 0 unspecified atom stereocenters. The van der Waals surface area contributed by atoms with Crippen LogP contribution in [0.5, 0.6) is 5.75 Å². The molecule has 0 atom stereocenters. The Hall–Kier alpha value is -1.04. The summed E-state index contributed by atoms with van der Waals surface area (Å²) in [7, 11) is 0. The standard InChI is InChI=1S/C18H12Br3NO/c19-13-7-15(20)17(16(21)8-13)22-9-12-6-5-11-3-1-2-4-14(11)18(12)23-10-22/h1-8H,9-10H2. The van der Waals surface area contributed by atoms with Crippen LogP contribution in [0.2, 0.25) is 0 Å². The minimum absolute atomic E-state index is 0.528. The van der Waals surface area contributed by atoms with Gasteiger partial charge in [0.05, 0.1) is 5.69 Å². The summed E-state index contributed by atoms with van der Waals surface area (Å²) in [5.41, 5.74) is 2.31. The Balaban J connectivity index is 1.77. The summed E-state index contributed by atoms with van der Waals surface area (Å²) in [6.45, 7) is 1.35. The molecule has 2 nitrogen and oxygen atoms in total. The zero-order valence-corrected chi connectivity index (χ0v) is 16.8. The summed E-state index contributed by atoms with van der Waals surface area (Å²) >= 11 is 10.8. The number of rotatable bonds is 1. The van der Waals surface area contributed by atoms with Gasteiger partial charge in [0.15, 0.2) is 6.73 Å². The highest BCUT2D eigenvalue weighted by atomic mass is 79.9. The molecule has 0 fully saturated rings. The van der Waals surface area contributed by atoms with Gasteiger partial charge in [-0.05, 0) is 49.4 Å². The molecule has 116 valence electrons. The van der Waals surface area contributed by atoms with Gasteiger partial charge in [-0.3, -0.25) is 0 Å². The highest BCUT2D eigenvalue weighted by molar-refractivity contribution is 9.11. The topological polar surface area (TPSA) is 12.5 Å². The van der Waals surface area contributed by atoms with Gasteiger partial charge in [0.25, 0.3) is 0 Å². The lowest BCUT2D eigenvalue weighted by molar-refractivity contribution is 0.293. The lowest BCUT2D eigenvalue weighted by atomic mass is 10.0. The van der Waals surface area contributed by atoms with Gasteiger partial charge < -0.3 is 9.64 Å². The van der Waals surface area contributed by atoms with E-state index in [0.717, 1.165) is 31.4 Å². The van der Waals surface area contributed by atoms with Crippen LogP contribution in [0.4, 0.5) is 5.69 Å². The van der Waals surface area contributed by atoms with Crippen LogP contribution in [0.3, 0.4) is 0 Å². The summed E-state index contributed by atoms with van der Waals surface area (Å²) in [6.07, 6.45) is 0. The van der Waals surface area contributed by atoms with Crippen LogP contribution < -0.4 is 9.64 Å². The Kier molecular flexibility index (Phi) is 4.12. The summed E-state index contributed by atoms with van der Waals surface area (Å²) in [5.74, 6) is 1.00. The number of hydrogen-bond acceptors (Lipinski definition) is 2. The average molecular weight is 498 g/mol. The van der Waals surface area contributed by atoms with E-state index in [1.165, 1.54) is 16.3 Å². The van der Waals surface area contributed by atoms with Crippen LogP contribution in [0.1, 0.15) is 5.56 Å². The summed E-state index contributed by atoms with van der Waals surface area (Å²) < 4.78 is 9.22. The van der Waals surface area contributed by atoms with Crippen molar-refractivity contribution in [2.45, 2.75) is 6.54 Å². The van der Waals surface area contributed by atoms with E-state index in [1.54, 1.807) is 0 Å². The Bertz CT molecular complexity index is 887. The second-order valence-electron chi connectivity index (χ2n) is 5.46. The van der Waals surface area contributed by atoms with Crippen LogP contribution in [-0.4, -0.2) is 6.73 Å². The molecule has 0 saturated carbocycles. The van der Waals surface area contributed by atoms with Crippen molar-refractivity contribution in [2.75, 3.05) is 11.6 Å². The molecule has 0 amide bonds. The SMILES string of the molecule is Brc1cc(Br)c(N2COc3c(ccc4ccccc34)C2)c(Br)c1. The van der Waals surface area contributed by atoms with Gasteiger partial charge in [0.1, 0.15) is 5.75 Å². The molecule has 0 bridgehead atoms. The molecule has 3 aromatic carbocycles. The van der Waals surface area contributed by atoms with Crippen molar-refractivity contribution in [1.29, 1.82) is 0 Å². The van der Waals surface area contributed by atoms with Gasteiger partial charge in [-0.15, -0.1) is 0 Å². The quantitative estimate of drug-likeness (QED) is 0.381. The Labute approximate surface area is 159 Å². The molecule has 4 rings (SSSR count). The van der Waals surface area contributed by atoms with Crippen molar-refractivity contribution in [3.8, 4) is 5.75 Å². The smallest absolute Gasteiger partial charge is 0.161 e. The van der Waals surface area contributed by atoms with E-state index in [4.69, 9.17) is 4.74 Å². The number of hydrogen-bond donors (Lipinski definition) is 0. The van der Waals surface area contributed by atoms with Gasteiger partial charge in [0, 0.05) is 30.9 Å². The molecular formula is C18H12Br3NO. The molecule has 0 saturated heterocycles. The highest BCUT2D eigenvalue weighted by Gasteiger charge is 2.23. The third kappa shape index (κ3) is 2.79. The molecule has 23 heavy (non-hydrogen) atoms. The van der Waals surface area contributed by atoms with Crippen LogP contribution in [0.25, 0.3) is 10.8 Å². The minimum Gasteiger partial charge on any atom is -0.472 e. The molecular weight excluding hydrogens is 486 g/mol. The fourth-order valence-electron chi connectivity index (χ4n) is 2.96. The molecule has 0 N–H and O–H groups in total. The van der Waals surface area contributed by atoms with Gasteiger partial charge in [-0.25, -0.2) is 0 Å². The van der Waals surface area contributed by atoms with Crippen LogP contribution in [0, 0.1) is 0 Å². The zero-order valence-electron chi connectivity index (χ0n) is 12.0. The number of benzene rings is 3. The number of nitrogens with zero attached hydrogens (tertiary/aromatic N) is 1. The summed E-state index contributed by atoms with van der Waals surface area (Å²) in [4.78, 5) is 2.22. The molecule has 1 aliphatic heterocycles. The van der Waals surface area contributed by atoms with Gasteiger partial charge in [0.2, 0.25) is 0 Å². The number of fused-ring (bicyclic) bond motifs is 3. The van der Waals surface area contributed by atoms with Crippen molar-refractivity contribution >= 4 is 64.2 Å². The number of halogens is 3. The fourth-order valence-corrected chi connectivity index (χ4v) is 5.72. The van der Waals surface area contributed by atoms with E-state index >= 15 is 0 Å². The molecule has 0 radical (unpaired) electrons. The molecule has 0 aromatic heterocycles. The number of anilines is 1. The van der Waals surface area contributed by atoms with E-state index in [0.29, 0.717) is 6.73 Å². The van der Waals surface area contributed by atoms with E-state index in [2.05, 4.69) is 101 Å². The molecule has 3 aromatic rings. The minimum atomic E-state index is 0.528. The second kappa shape index (κ2) is 6.11. The Morgan fingerprint density at radius 1 is 0.913 bits per heavy atom. The molecule has 0 aliphatic carbocycles. The summed E-state index contributed by atoms with van der Waals surface area (Å²) in [5, 5.41) is 2.39. The lowest BCUT2D eigenvalue weighted by Gasteiger charge is -2.32. The first kappa shape index (κ1) is 15.5. The molecule has 1 heterocycles. The average Bonchev–Trinajstić information content (AvgIpc) is 2.53. The van der Waals surface area contributed by atoms with Crippen LogP contribution in [0.15, 0.2) is 61.9 Å². The van der Waals surface area contributed by atoms with E-state index in [1.807, 2.05) is 0 Å². The van der Waals surface area contributed by atoms with Crippen molar-refractivity contribution in [1.82, 2.24) is 0 Å². The monoisotopic (exact) mass is 495 g/mol. The first-order valence-corrected chi connectivity index (χ1v) is 9.54. The molecule has 5 heteroatoms. The number of ether oxygens (including phenoxy) is 1. The van der Waals surface area contributed by atoms with Crippen molar-refractivity contribution in [2.24, 2.45) is 0 Å². The summed E-state index contributed by atoms with van der Waals surface area (Å²) in [6, 6.07) is 16.8. The predicted molar refractivity (Wildman–Crippen MR) is 105 cm³/mol.